The summed E-state index contributed by atoms with van der Waals surface area (Å²) in [5.41, 5.74) is 0. The van der Waals surface area contributed by atoms with Crippen molar-refractivity contribution in [3.8, 4) is 0 Å². The fraction of sp³-hybridized carbons (Fsp3) is 1.00. The number of hydrogen-bond acceptors (Lipinski definition) is 2. The van der Waals surface area contributed by atoms with Gasteiger partial charge in [-0.25, -0.2) is 12.7 Å². The van der Waals surface area contributed by atoms with Crippen LogP contribution in [0.1, 0.15) is 45.4 Å². The third kappa shape index (κ3) is 3.60. The van der Waals surface area contributed by atoms with E-state index in [1.54, 1.807) is 4.31 Å². The molecule has 1 aliphatic rings. The molecule has 0 spiro atoms. The van der Waals surface area contributed by atoms with Gasteiger partial charge in [-0.15, -0.1) is 11.6 Å². The lowest BCUT2D eigenvalue weighted by Gasteiger charge is -2.29. The smallest absolute Gasteiger partial charge is 0.212 e. The van der Waals surface area contributed by atoms with Crippen molar-refractivity contribution in [3.05, 3.63) is 0 Å². The molecule has 3 nitrogen and oxygen atoms in total. The van der Waals surface area contributed by atoms with Gasteiger partial charge in [0, 0.05) is 19.0 Å². The first-order valence-electron chi connectivity index (χ1n) is 6.17. The SMILES string of the molecule is CCCN(CCCl)S(=O)(=O)C1CCCCC1. The molecule has 0 N–H and O–H groups in total. The van der Waals surface area contributed by atoms with E-state index in [9.17, 15) is 8.42 Å². The van der Waals surface area contributed by atoms with Gasteiger partial charge in [-0.05, 0) is 19.3 Å². The first kappa shape index (κ1) is 14.3. The summed E-state index contributed by atoms with van der Waals surface area (Å²) >= 11 is 5.67. The van der Waals surface area contributed by atoms with Gasteiger partial charge in [0.05, 0.1) is 5.25 Å². The highest BCUT2D eigenvalue weighted by atomic mass is 35.5. The van der Waals surface area contributed by atoms with E-state index >= 15 is 0 Å². The van der Waals surface area contributed by atoms with Gasteiger partial charge in [0.1, 0.15) is 0 Å². The zero-order valence-corrected chi connectivity index (χ0v) is 11.6. The molecule has 1 fully saturated rings. The van der Waals surface area contributed by atoms with Crippen LogP contribution in [0.5, 0.6) is 0 Å². The molecule has 0 aromatic carbocycles. The lowest BCUT2D eigenvalue weighted by molar-refractivity contribution is 0.399. The second-order valence-electron chi connectivity index (χ2n) is 4.39. The van der Waals surface area contributed by atoms with Crippen LogP contribution in [0.25, 0.3) is 0 Å². The van der Waals surface area contributed by atoms with Gasteiger partial charge in [0.2, 0.25) is 10.0 Å². The Morgan fingerprint density at radius 2 is 1.81 bits per heavy atom. The first-order valence-corrected chi connectivity index (χ1v) is 8.21. The van der Waals surface area contributed by atoms with Gasteiger partial charge in [-0.1, -0.05) is 26.2 Å². The molecule has 0 aromatic heterocycles. The Labute approximate surface area is 104 Å². The molecule has 0 saturated heterocycles. The summed E-state index contributed by atoms with van der Waals surface area (Å²) in [7, 11) is -3.10. The summed E-state index contributed by atoms with van der Waals surface area (Å²) < 4.78 is 26.2. The minimum Gasteiger partial charge on any atom is -0.212 e. The summed E-state index contributed by atoms with van der Waals surface area (Å²) in [4.78, 5) is 0. The predicted octanol–water partition coefficient (Wildman–Crippen LogP) is 2.60. The molecule has 0 amide bonds. The average Bonchev–Trinajstić information content (AvgIpc) is 2.30. The Hall–Kier alpha value is 0.200. The number of hydrogen-bond donors (Lipinski definition) is 0. The Kier molecular flexibility index (Phi) is 6.08. The second-order valence-corrected chi connectivity index (χ2v) is 6.98. The summed E-state index contributed by atoms with van der Waals surface area (Å²) in [5.74, 6) is 0.381. The maximum Gasteiger partial charge on any atom is 0.217 e. The van der Waals surface area contributed by atoms with Crippen LogP contribution in [0.2, 0.25) is 0 Å². The lowest BCUT2D eigenvalue weighted by atomic mass is 10.0. The van der Waals surface area contributed by atoms with Crippen molar-refractivity contribution in [1.29, 1.82) is 0 Å². The molecule has 0 heterocycles. The molecule has 0 atom stereocenters. The average molecular weight is 268 g/mol. The molecule has 0 radical (unpaired) electrons. The fourth-order valence-electron chi connectivity index (χ4n) is 2.28. The number of rotatable bonds is 6. The van der Waals surface area contributed by atoms with E-state index in [2.05, 4.69) is 0 Å². The van der Waals surface area contributed by atoms with E-state index in [-0.39, 0.29) is 5.25 Å². The molecule has 0 aliphatic heterocycles. The fourth-order valence-corrected chi connectivity index (χ4v) is 4.72. The Balaban J connectivity index is 2.70. The maximum atomic E-state index is 12.3. The van der Waals surface area contributed by atoms with Crippen molar-refractivity contribution >= 4 is 21.6 Å². The normalized spacial score (nSPS) is 19.2. The van der Waals surface area contributed by atoms with E-state index in [0.29, 0.717) is 19.0 Å². The van der Waals surface area contributed by atoms with Crippen molar-refractivity contribution in [1.82, 2.24) is 4.31 Å². The van der Waals surface area contributed by atoms with Crippen LogP contribution in [0.3, 0.4) is 0 Å². The monoisotopic (exact) mass is 267 g/mol. The van der Waals surface area contributed by atoms with Gasteiger partial charge in [0.15, 0.2) is 0 Å². The van der Waals surface area contributed by atoms with Crippen molar-refractivity contribution in [2.45, 2.75) is 50.7 Å². The Morgan fingerprint density at radius 1 is 1.19 bits per heavy atom. The van der Waals surface area contributed by atoms with Crippen molar-refractivity contribution < 1.29 is 8.42 Å². The zero-order chi connectivity index (χ0) is 12.0. The predicted molar refractivity (Wildman–Crippen MR) is 68.4 cm³/mol. The quantitative estimate of drug-likeness (QED) is 0.694. The highest BCUT2D eigenvalue weighted by Crippen LogP contribution is 2.26. The Morgan fingerprint density at radius 3 is 2.31 bits per heavy atom. The second kappa shape index (κ2) is 6.82. The van der Waals surface area contributed by atoms with Gasteiger partial charge in [0.25, 0.3) is 0 Å². The summed E-state index contributed by atoms with van der Waals surface area (Å²) in [5, 5.41) is -0.156. The number of alkyl halides is 1. The third-order valence-electron chi connectivity index (χ3n) is 3.14. The minimum atomic E-state index is -3.10. The summed E-state index contributed by atoms with van der Waals surface area (Å²) in [6.07, 6.45) is 5.77. The molecule has 1 aliphatic carbocycles. The van der Waals surface area contributed by atoms with Crippen molar-refractivity contribution in [2.24, 2.45) is 0 Å². The molecular weight excluding hydrogens is 246 g/mol. The molecule has 1 rings (SSSR count). The highest BCUT2D eigenvalue weighted by molar-refractivity contribution is 7.89. The van der Waals surface area contributed by atoms with Gasteiger partial charge in [-0.2, -0.15) is 0 Å². The lowest BCUT2D eigenvalue weighted by Crippen LogP contribution is -2.41. The first-order chi connectivity index (χ1) is 7.62. The van der Waals surface area contributed by atoms with Crippen molar-refractivity contribution in [2.75, 3.05) is 19.0 Å². The van der Waals surface area contributed by atoms with E-state index in [4.69, 9.17) is 11.6 Å². The maximum absolute atomic E-state index is 12.3. The standard InChI is InChI=1S/C11H22ClNO2S/c1-2-9-13(10-8-12)16(14,15)11-6-4-3-5-7-11/h11H,2-10H2,1H3. The van der Waals surface area contributed by atoms with E-state index in [0.717, 1.165) is 32.1 Å². The van der Waals surface area contributed by atoms with Gasteiger partial charge >= 0.3 is 0 Å². The van der Waals surface area contributed by atoms with E-state index in [1.165, 1.54) is 6.42 Å². The summed E-state index contributed by atoms with van der Waals surface area (Å²) in [6, 6.07) is 0. The van der Waals surface area contributed by atoms with Crippen LogP contribution in [-0.4, -0.2) is 36.9 Å². The van der Waals surface area contributed by atoms with Crippen LogP contribution >= 0.6 is 11.6 Å². The topological polar surface area (TPSA) is 37.4 Å². The molecule has 1 saturated carbocycles. The zero-order valence-electron chi connectivity index (χ0n) is 9.99. The molecule has 96 valence electrons. The summed E-state index contributed by atoms with van der Waals surface area (Å²) in [6.45, 7) is 3.05. The molecule has 0 aromatic rings. The van der Waals surface area contributed by atoms with E-state index in [1.807, 2.05) is 6.92 Å². The van der Waals surface area contributed by atoms with Crippen LogP contribution in [-0.2, 0) is 10.0 Å². The van der Waals surface area contributed by atoms with Gasteiger partial charge < -0.3 is 0 Å². The molecule has 16 heavy (non-hydrogen) atoms. The van der Waals surface area contributed by atoms with Crippen LogP contribution < -0.4 is 0 Å². The number of halogens is 1. The largest absolute Gasteiger partial charge is 0.217 e. The van der Waals surface area contributed by atoms with Crippen molar-refractivity contribution in [3.63, 3.8) is 0 Å². The minimum absolute atomic E-state index is 0.156. The van der Waals surface area contributed by atoms with Gasteiger partial charge in [-0.3, -0.25) is 0 Å². The molecular formula is C11H22ClNO2S. The van der Waals surface area contributed by atoms with Crippen LogP contribution in [0.4, 0.5) is 0 Å². The Bertz CT molecular complexity index is 280. The van der Waals surface area contributed by atoms with Crippen LogP contribution in [0, 0.1) is 0 Å². The number of sulfonamides is 1. The third-order valence-corrected chi connectivity index (χ3v) is 5.71. The molecule has 0 unspecified atom stereocenters. The highest BCUT2D eigenvalue weighted by Gasteiger charge is 2.31. The van der Waals surface area contributed by atoms with Crippen LogP contribution in [0.15, 0.2) is 0 Å². The molecule has 0 bridgehead atoms. The molecule has 5 heteroatoms. The van der Waals surface area contributed by atoms with E-state index < -0.39 is 10.0 Å². The number of nitrogens with zero attached hydrogens (tertiary/aromatic N) is 1.